The zero-order chi connectivity index (χ0) is 27.6. The molecular weight excluding hydrogens is 510 g/mol. The highest BCUT2D eigenvalue weighted by Gasteiger charge is 2.30. The van der Waals surface area contributed by atoms with Crippen LogP contribution in [0.5, 0.6) is 0 Å². The second-order valence-corrected chi connectivity index (χ2v) is 10.8. The molecule has 6 aromatic carbocycles. The second-order valence-electron chi connectivity index (χ2n) is 10.8. The SMILES string of the molecule is c1ccc(-c2ccnc(-n3c4ccccc4c4c5c(ccc43)-c3cccc4cccc(c34)N5c3ccccc3)c2)cc1. The lowest BCUT2D eigenvalue weighted by Crippen LogP contribution is -2.15. The van der Waals surface area contributed by atoms with Crippen LogP contribution in [-0.2, 0) is 0 Å². The van der Waals surface area contributed by atoms with Gasteiger partial charge in [-0.3, -0.25) is 4.57 Å². The van der Waals surface area contributed by atoms with Crippen LogP contribution in [-0.4, -0.2) is 9.55 Å². The van der Waals surface area contributed by atoms with Gasteiger partial charge in [-0.05, 0) is 64.5 Å². The van der Waals surface area contributed by atoms with Gasteiger partial charge in [-0.15, -0.1) is 0 Å². The van der Waals surface area contributed by atoms with Gasteiger partial charge in [0.05, 0.1) is 22.4 Å². The zero-order valence-electron chi connectivity index (χ0n) is 22.8. The summed E-state index contributed by atoms with van der Waals surface area (Å²) < 4.78 is 2.32. The number of hydrogen-bond acceptors (Lipinski definition) is 2. The van der Waals surface area contributed by atoms with E-state index in [2.05, 4.69) is 155 Å². The molecule has 9 rings (SSSR count). The Kier molecular flexibility index (Phi) is 4.90. The molecule has 1 aliphatic heterocycles. The third-order valence-electron chi connectivity index (χ3n) is 8.54. The van der Waals surface area contributed by atoms with Gasteiger partial charge in [0, 0.05) is 33.6 Å². The predicted octanol–water partition coefficient (Wildman–Crippen LogP) is 10.4. The van der Waals surface area contributed by atoms with Crippen LogP contribution in [0.1, 0.15) is 0 Å². The minimum atomic E-state index is 0.909. The van der Waals surface area contributed by atoms with E-state index >= 15 is 0 Å². The molecule has 0 N–H and O–H groups in total. The van der Waals surface area contributed by atoms with Crippen LogP contribution in [0.2, 0.25) is 0 Å². The zero-order valence-corrected chi connectivity index (χ0v) is 22.8. The Balaban J connectivity index is 1.41. The van der Waals surface area contributed by atoms with Gasteiger partial charge < -0.3 is 4.90 Å². The van der Waals surface area contributed by atoms with Crippen molar-refractivity contribution in [3.8, 4) is 28.1 Å². The minimum absolute atomic E-state index is 0.909. The Bertz CT molecular complexity index is 2290. The fraction of sp³-hybridized carbons (Fsp3) is 0. The van der Waals surface area contributed by atoms with Gasteiger partial charge in [0.2, 0.25) is 0 Å². The Hall–Kier alpha value is -5.67. The lowest BCUT2D eigenvalue weighted by molar-refractivity contribution is 1.08. The van der Waals surface area contributed by atoms with Crippen molar-refractivity contribution in [2.45, 2.75) is 0 Å². The molecule has 2 aromatic heterocycles. The first-order valence-corrected chi connectivity index (χ1v) is 14.3. The molecule has 0 bridgehead atoms. The summed E-state index contributed by atoms with van der Waals surface area (Å²) in [6.45, 7) is 0. The summed E-state index contributed by atoms with van der Waals surface area (Å²) in [6.07, 6.45) is 1.92. The van der Waals surface area contributed by atoms with Crippen molar-refractivity contribution < 1.29 is 0 Å². The standard InChI is InChI=1S/C39H25N3/c1-3-11-26(12-4-1)28-23-24-40-36(25-28)42-33-19-8-7-17-32(33)38-35(42)22-21-31-30-18-9-13-27-14-10-20-34(37(27)30)41(39(31)38)29-15-5-2-6-16-29/h1-25H. The quantitative estimate of drug-likeness (QED) is 0.224. The smallest absolute Gasteiger partial charge is 0.138 e. The molecule has 0 fully saturated rings. The molecular formula is C39H25N3. The summed E-state index contributed by atoms with van der Waals surface area (Å²) in [5.41, 5.74) is 10.7. The predicted molar refractivity (Wildman–Crippen MR) is 175 cm³/mol. The largest absolute Gasteiger partial charge is 0.309 e. The molecule has 196 valence electrons. The molecule has 1 aliphatic rings. The molecule has 0 saturated heterocycles. The van der Waals surface area contributed by atoms with E-state index in [1.165, 1.54) is 49.6 Å². The number of aromatic nitrogens is 2. The summed E-state index contributed by atoms with van der Waals surface area (Å²) in [5, 5.41) is 4.98. The van der Waals surface area contributed by atoms with Crippen molar-refractivity contribution in [3.05, 3.63) is 152 Å². The Morgan fingerprint density at radius 2 is 1.26 bits per heavy atom. The molecule has 0 amide bonds. The lowest BCUT2D eigenvalue weighted by Gasteiger charge is -2.34. The van der Waals surface area contributed by atoms with Crippen molar-refractivity contribution in [2.75, 3.05) is 4.90 Å². The highest BCUT2D eigenvalue weighted by atomic mass is 15.2. The van der Waals surface area contributed by atoms with Crippen LogP contribution in [0, 0.1) is 0 Å². The molecule has 42 heavy (non-hydrogen) atoms. The van der Waals surface area contributed by atoms with Crippen molar-refractivity contribution in [1.82, 2.24) is 9.55 Å². The van der Waals surface area contributed by atoms with Crippen molar-refractivity contribution in [1.29, 1.82) is 0 Å². The van der Waals surface area contributed by atoms with Gasteiger partial charge in [-0.2, -0.15) is 0 Å². The fourth-order valence-corrected chi connectivity index (χ4v) is 6.79. The van der Waals surface area contributed by atoms with E-state index in [0.29, 0.717) is 0 Å². The van der Waals surface area contributed by atoms with Crippen LogP contribution >= 0.6 is 0 Å². The van der Waals surface area contributed by atoms with E-state index in [0.717, 1.165) is 28.1 Å². The van der Waals surface area contributed by atoms with Gasteiger partial charge >= 0.3 is 0 Å². The van der Waals surface area contributed by atoms with Crippen LogP contribution in [0.15, 0.2) is 152 Å². The summed E-state index contributed by atoms with van der Waals surface area (Å²) in [7, 11) is 0. The summed E-state index contributed by atoms with van der Waals surface area (Å²) in [4.78, 5) is 7.37. The number of rotatable bonds is 3. The van der Waals surface area contributed by atoms with E-state index in [4.69, 9.17) is 4.98 Å². The molecule has 0 radical (unpaired) electrons. The molecule has 0 unspecified atom stereocenters. The van der Waals surface area contributed by atoms with E-state index < -0.39 is 0 Å². The summed E-state index contributed by atoms with van der Waals surface area (Å²) in [6, 6.07) is 52.2. The second kappa shape index (κ2) is 8.92. The van der Waals surface area contributed by atoms with Crippen molar-refractivity contribution in [2.24, 2.45) is 0 Å². The average molecular weight is 536 g/mol. The first kappa shape index (κ1) is 23.1. The Morgan fingerprint density at radius 1 is 0.500 bits per heavy atom. The van der Waals surface area contributed by atoms with E-state index in [9.17, 15) is 0 Å². The van der Waals surface area contributed by atoms with Crippen molar-refractivity contribution >= 4 is 49.6 Å². The third-order valence-corrected chi connectivity index (χ3v) is 8.54. The number of benzene rings is 6. The maximum atomic E-state index is 4.91. The highest BCUT2D eigenvalue weighted by Crippen LogP contribution is 2.54. The minimum Gasteiger partial charge on any atom is -0.309 e. The number of anilines is 3. The van der Waals surface area contributed by atoms with Gasteiger partial charge in [-0.25, -0.2) is 4.98 Å². The molecule has 3 heteroatoms. The van der Waals surface area contributed by atoms with Crippen LogP contribution in [0.4, 0.5) is 17.1 Å². The number of para-hydroxylation sites is 2. The normalized spacial score (nSPS) is 12.2. The summed E-state index contributed by atoms with van der Waals surface area (Å²) >= 11 is 0. The maximum Gasteiger partial charge on any atom is 0.138 e. The summed E-state index contributed by atoms with van der Waals surface area (Å²) in [5.74, 6) is 0.909. The van der Waals surface area contributed by atoms with Crippen LogP contribution in [0.3, 0.4) is 0 Å². The average Bonchev–Trinajstić information content (AvgIpc) is 3.41. The number of fused-ring (bicyclic) bond motifs is 6. The van der Waals surface area contributed by atoms with E-state index in [-0.39, 0.29) is 0 Å². The maximum absolute atomic E-state index is 4.91. The van der Waals surface area contributed by atoms with Crippen molar-refractivity contribution in [3.63, 3.8) is 0 Å². The first-order chi connectivity index (χ1) is 20.9. The lowest BCUT2D eigenvalue weighted by atomic mass is 9.89. The number of nitrogens with zero attached hydrogens (tertiary/aromatic N) is 3. The fourth-order valence-electron chi connectivity index (χ4n) is 6.79. The van der Waals surface area contributed by atoms with E-state index in [1.54, 1.807) is 0 Å². The van der Waals surface area contributed by atoms with E-state index in [1.807, 2.05) is 6.20 Å². The third kappa shape index (κ3) is 3.25. The van der Waals surface area contributed by atoms with Crippen LogP contribution in [0.25, 0.3) is 60.6 Å². The number of hydrogen-bond donors (Lipinski definition) is 0. The number of pyridine rings is 1. The van der Waals surface area contributed by atoms with Gasteiger partial charge in [0.25, 0.3) is 0 Å². The monoisotopic (exact) mass is 535 g/mol. The van der Waals surface area contributed by atoms with Gasteiger partial charge in [0.15, 0.2) is 0 Å². The molecule has 3 heterocycles. The topological polar surface area (TPSA) is 21.1 Å². The highest BCUT2D eigenvalue weighted by molar-refractivity contribution is 6.24. The van der Waals surface area contributed by atoms with Crippen LogP contribution < -0.4 is 4.90 Å². The molecule has 0 aliphatic carbocycles. The first-order valence-electron chi connectivity index (χ1n) is 14.3. The molecule has 0 atom stereocenters. The van der Waals surface area contributed by atoms with Gasteiger partial charge in [0.1, 0.15) is 5.82 Å². The molecule has 3 nitrogen and oxygen atoms in total. The molecule has 8 aromatic rings. The Morgan fingerprint density at radius 3 is 2.12 bits per heavy atom. The Labute approximate surface area is 243 Å². The molecule has 0 spiro atoms. The molecule has 0 saturated carbocycles. The van der Waals surface area contributed by atoms with Gasteiger partial charge in [-0.1, -0.05) is 103 Å².